The minimum atomic E-state index is -0.0383. The molecule has 0 amide bonds. The first kappa shape index (κ1) is 18.8. The highest BCUT2D eigenvalue weighted by molar-refractivity contribution is 4.45. The first-order valence-corrected chi connectivity index (χ1v) is 7.74. The molecule has 2 unspecified atom stereocenters. The Kier molecular flexibility index (Phi) is 14.1. The Morgan fingerprint density at radius 2 is 1.00 bits per heavy atom. The second-order valence-electron chi connectivity index (χ2n) is 4.39. The maximum Gasteiger partial charge on any atom is 0.157 e. The number of hydrogen-bond acceptors (Lipinski definition) is 4. The highest BCUT2D eigenvalue weighted by atomic mass is 16.7. The molecule has 0 radical (unpaired) electrons. The highest BCUT2D eigenvalue weighted by Gasteiger charge is 2.06. The van der Waals surface area contributed by atoms with E-state index < -0.39 is 0 Å². The summed E-state index contributed by atoms with van der Waals surface area (Å²) >= 11 is 0. The molecule has 0 aromatic heterocycles. The third kappa shape index (κ3) is 11.4. The Balaban J connectivity index is 3.34. The molecular formula is C15H32O4. The molecular weight excluding hydrogens is 244 g/mol. The van der Waals surface area contributed by atoms with Crippen molar-refractivity contribution >= 4 is 0 Å². The van der Waals surface area contributed by atoms with E-state index in [2.05, 4.69) is 13.8 Å². The topological polar surface area (TPSA) is 36.9 Å². The van der Waals surface area contributed by atoms with Crippen molar-refractivity contribution in [2.75, 3.05) is 26.4 Å². The summed E-state index contributed by atoms with van der Waals surface area (Å²) in [5.74, 6) is 0. The lowest BCUT2D eigenvalue weighted by Gasteiger charge is -2.16. The summed E-state index contributed by atoms with van der Waals surface area (Å²) in [5.41, 5.74) is 0. The Labute approximate surface area is 118 Å². The molecule has 0 heterocycles. The van der Waals surface area contributed by atoms with E-state index in [0.29, 0.717) is 13.2 Å². The van der Waals surface area contributed by atoms with Crippen molar-refractivity contribution in [1.29, 1.82) is 0 Å². The van der Waals surface area contributed by atoms with Crippen molar-refractivity contribution in [2.24, 2.45) is 0 Å². The SMILES string of the molecule is CCOC(CC)OCCCCCOC(CC)OCC. The molecule has 0 saturated heterocycles. The molecule has 4 nitrogen and oxygen atoms in total. The predicted molar refractivity (Wildman–Crippen MR) is 77.2 cm³/mol. The van der Waals surface area contributed by atoms with Gasteiger partial charge in [-0.3, -0.25) is 0 Å². The smallest absolute Gasteiger partial charge is 0.157 e. The van der Waals surface area contributed by atoms with Gasteiger partial charge in [-0.1, -0.05) is 13.8 Å². The summed E-state index contributed by atoms with van der Waals surface area (Å²) in [5, 5.41) is 0. The molecule has 0 aromatic carbocycles. The Hall–Kier alpha value is -0.160. The van der Waals surface area contributed by atoms with Gasteiger partial charge in [0.25, 0.3) is 0 Å². The quantitative estimate of drug-likeness (QED) is 0.358. The van der Waals surface area contributed by atoms with Crippen molar-refractivity contribution in [1.82, 2.24) is 0 Å². The van der Waals surface area contributed by atoms with Crippen LogP contribution in [0.2, 0.25) is 0 Å². The molecule has 0 aliphatic heterocycles. The van der Waals surface area contributed by atoms with Crippen LogP contribution < -0.4 is 0 Å². The molecule has 0 aliphatic carbocycles. The fourth-order valence-electron chi connectivity index (χ4n) is 1.75. The number of unbranched alkanes of at least 4 members (excludes halogenated alkanes) is 2. The zero-order chi connectivity index (χ0) is 14.3. The van der Waals surface area contributed by atoms with E-state index in [0.717, 1.165) is 45.3 Å². The number of ether oxygens (including phenoxy) is 4. The molecule has 0 aromatic rings. The van der Waals surface area contributed by atoms with Gasteiger partial charge in [0.05, 0.1) is 0 Å². The van der Waals surface area contributed by atoms with Gasteiger partial charge in [-0.2, -0.15) is 0 Å². The van der Waals surface area contributed by atoms with Gasteiger partial charge in [-0.15, -0.1) is 0 Å². The summed E-state index contributed by atoms with van der Waals surface area (Å²) in [6.07, 6.45) is 4.96. The van der Waals surface area contributed by atoms with Gasteiger partial charge in [-0.25, -0.2) is 0 Å². The minimum Gasteiger partial charge on any atom is -0.353 e. The van der Waals surface area contributed by atoms with Crippen LogP contribution in [0.1, 0.15) is 59.8 Å². The molecule has 0 bridgehead atoms. The van der Waals surface area contributed by atoms with Crippen LogP contribution in [0, 0.1) is 0 Å². The lowest BCUT2D eigenvalue weighted by molar-refractivity contribution is -0.144. The van der Waals surface area contributed by atoms with Crippen LogP contribution in [0.25, 0.3) is 0 Å². The van der Waals surface area contributed by atoms with Crippen molar-refractivity contribution in [2.45, 2.75) is 72.4 Å². The van der Waals surface area contributed by atoms with E-state index in [9.17, 15) is 0 Å². The molecule has 0 fully saturated rings. The molecule has 2 atom stereocenters. The van der Waals surface area contributed by atoms with Crippen LogP contribution in [0.4, 0.5) is 0 Å². The van der Waals surface area contributed by atoms with Crippen molar-refractivity contribution in [3.05, 3.63) is 0 Å². The molecule has 19 heavy (non-hydrogen) atoms. The maximum atomic E-state index is 5.63. The summed E-state index contributed by atoms with van der Waals surface area (Å²) in [7, 11) is 0. The van der Waals surface area contributed by atoms with Crippen LogP contribution in [0.5, 0.6) is 0 Å². The van der Waals surface area contributed by atoms with Crippen molar-refractivity contribution < 1.29 is 18.9 Å². The summed E-state index contributed by atoms with van der Waals surface area (Å²) < 4.78 is 22.1. The zero-order valence-corrected chi connectivity index (χ0v) is 13.2. The zero-order valence-electron chi connectivity index (χ0n) is 13.2. The standard InChI is InChI=1S/C15H32O4/c1-5-14(16-7-3)18-12-10-9-11-13-19-15(6-2)17-8-4/h14-15H,5-13H2,1-4H3. The molecule has 4 heteroatoms. The molecule has 0 rings (SSSR count). The van der Waals surface area contributed by atoms with Crippen LogP contribution in [0.15, 0.2) is 0 Å². The fourth-order valence-corrected chi connectivity index (χ4v) is 1.75. The average molecular weight is 276 g/mol. The molecule has 0 aliphatic rings. The molecule has 0 saturated carbocycles. The molecule has 0 N–H and O–H groups in total. The van der Waals surface area contributed by atoms with E-state index in [1.54, 1.807) is 0 Å². The number of hydrogen-bond donors (Lipinski definition) is 0. The Bertz CT molecular complexity index is 158. The van der Waals surface area contributed by atoms with Crippen LogP contribution in [0.3, 0.4) is 0 Å². The van der Waals surface area contributed by atoms with E-state index in [-0.39, 0.29) is 12.6 Å². The maximum absolute atomic E-state index is 5.63. The van der Waals surface area contributed by atoms with E-state index in [1.807, 2.05) is 13.8 Å². The van der Waals surface area contributed by atoms with Crippen LogP contribution >= 0.6 is 0 Å². The number of rotatable bonds is 14. The monoisotopic (exact) mass is 276 g/mol. The first-order chi connectivity index (χ1) is 9.28. The average Bonchev–Trinajstić information content (AvgIpc) is 2.43. The second kappa shape index (κ2) is 14.3. The third-order valence-corrected chi connectivity index (χ3v) is 2.77. The van der Waals surface area contributed by atoms with Crippen molar-refractivity contribution in [3.8, 4) is 0 Å². The predicted octanol–water partition coefficient (Wildman–Crippen LogP) is 3.74. The third-order valence-electron chi connectivity index (χ3n) is 2.77. The molecule has 116 valence electrons. The normalized spacial score (nSPS) is 14.5. The van der Waals surface area contributed by atoms with Crippen molar-refractivity contribution in [3.63, 3.8) is 0 Å². The lowest BCUT2D eigenvalue weighted by Crippen LogP contribution is -2.17. The van der Waals surface area contributed by atoms with E-state index in [1.165, 1.54) is 0 Å². The summed E-state index contributed by atoms with van der Waals surface area (Å²) in [6, 6.07) is 0. The lowest BCUT2D eigenvalue weighted by atomic mass is 10.2. The highest BCUT2D eigenvalue weighted by Crippen LogP contribution is 2.05. The van der Waals surface area contributed by atoms with Crippen LogP contribution in [-0.4, -0.2) is 39.0 Å². The van der Waals surface area contributed by atoms with Crippen LogP contribution in [-0.2, 0) is 18.9 Å². The first-order valence-electron chi connectivity index (χ1n) is 7.74. The fraction of sp³-hybridized carbons (Fsp3) is 1.00. The van der Waals surface area contributed by atoms with Gasteiger partial charge in [0, 0.05) is 26.4 Å². The van der Waals surface area contributed by atoms with Gasteiger partial charge >= 0.3 is 0 Å². The summed E-state index contributed by atoms with van der Waals surface area (Å²) in [6.45, 7) is 11.1. The van der Waals surface area contributed by atoms with E-state index in [4.69, 9.17) is 18.9 Å². The largest absolute Gasteiger partial charge is 0.353 e. The van der Waals surface area contributed by atoms with Gasteiger partial charge in [-0.05, 0) is 46.0 Å². The molecule has 0 spiro atoms. The Morgan fingerprint density at radius 1 is 0.579 bits per heavy atom. The van der Waals surface area contributed by atoms with Gasteiger partial charge < -0.3 is 18.9 Å². The Morgan fingerprint density at radius 3 is 1.32 bits per heavy atom. The second-order valence-corrected chi connectivity index (χ2v) is 4.39. The van der Waals surface area contributed by atoms with Gasteiger partial charge in [0.15, 0.2) is 12.6 Å². The van der Waals surface area contributed by atoms with Gasteiger partial charge in [0.2, 0.25) is 0 Å². The van der Waals surface area contributed by atoms with Gasteiger partial charge in [0.1, 0.15) is 0 Å². The van der Waals surface area contributed by atoms with E-state index >= 15 is 0 Å². The summed E-state index contributed by atoms with van der Waals surface area (Å²) in [4.78, 5) is 0. The minimum absolute atomic E-state index is 0.0383.